The summed E-state index contributed by atoms with van der Waals surface area (Å²) in [7, 11) is 1.54. The summed E-state index contributed by atoms with van der Waals surface area (Å²) in [4.78, 5) is 38.7. The van der Waals surface area contributed by atoms with Crippen molar-refractivity contribution in [3.63, 3.8) is 0 Å². The van der Waals surface area contributed by atoms with E-state index in [0.717, 1.165) is 44.1 Å². The van der Waals surface area contributed by atoms with Crippen LogP contribution in [0.25, 0.3) is 0 Å². The minimum absolute atomic E-state index is 0.0527. The third-order valence-corrected chi connectivity index (χ3v) is 16.1. The average molecular weight is 674 g/mol. The number of carbonyl (C=O) groups excluding carboxylic acids is 3. The summed E-state index contributed by atoms with van der Waals surface area (Å²) in [6.07, 6.45) is 11.3. The molecular weight excluding hydrogens is 610 g/mol. The number of likely N-dealkylation sites (N-methyl/N-ethyl adjacent to an activating group) is 1. The van der Waals surface area contributed by atoms with Gasteiger partial charge in [-0.3, -0.25) is 14.4 Å². The summed E-state index contributed by atoms with van der Waals surface area (Å²) in [5, 5.41) is 19.7. The van der Waals surface area contributed by atoms with Crippen molar-refractivity contribution in [3.8, 4) is 0 Å². The fourth-order valence-electron chi connectivity index (χ4n) is 13.2. The molecule has 9 unspecified atom stereocenters. The van der Waals surface area contributed by atoms with E-state index in [0.29, 0.717) is 48.1 Å². The van der Waals surface area contributed by atoms with Crippen LogP contribution < -0.4 is 16.0 Å². The quantitative estimate of drug-likeness (QED) is 0.227. The summed E-state index contributed by atoms with van der Waals surface area (Å²) in [6.45, 7) is 19.6. The van der Waals surface area contributed by atoms with Crippen LogP contribution in [0.4, 0.5) is 0 Å². The highest BCUT2D eigenvalue weighted by Gasteiger charge is 2.71. The van der Waals surface area contributed by atoms with Gasteiger partial charge in [0.1, 0.15) is 0 Å². The Balaban J connectivity index is 1.20. The van der Waals surface area contributed by atoms with Gasteiger partial charge in [0, 0.05) is 19.2 Å². The van der Waals surface area contributed by atoms with Crippen molar-refractivity contribution < 1.29 is 19.5 Å². The van der Waals surface area contributed by atoms with Crippen molar-refractivity contribution >= 4 is 17.7 Å². The van der Waals surface area contributed by atoms with Crippen LogP contribution in [0.1, 0.15) is 122 Å². The largest absolute Gasteiger partial charge is 0.393 e. The first-order valence-electron chi connectivity index (χ1n) is 19.2. The van der Waals surface area contributed by atoms with Crippen LogP contribution in [0.15, 0.2) is 36.4 Å². The van der Waals surface area contributed by atoms with E-state index >= 15 is 0 Å². The van der Waals surface area contributed by atoms with Gasteiger partial charge in [-0.1, -0.05) is 58.9 Å². The third kappa shape index (κ3) is 5.60. The summed E-state index contributed by atoms with van der Waals surface area (Å²) in [5.41, 5.74) is 2.93. The van der Waals surface area contributed by atoms with Crippen LogP contribution in [0.3, 0.4) is 0 Å². The first-order valence-corrected chi connectivity index (χ1v) is 19.2. The Morgan fingerprint density at radius 2 is 1.63 bits per heavy atom. The Kier molecular flexibility index (Phi) is 9.46. The number of rotatable bonds is 8. The SMILES string of the molecule is C=C(C)C1CCC2(C(=O)NCCc3cccc(C(=O)NCC(=O)NC)c3)CC[C@]3(C)C(CCC4C5(C)CCC(O)C(C)(C)C5CCC43C)C12. The number of benzene rings is 1. The number of hydrogen-bond acceptors (Lipinski definition) is 4. The summed E-state index contributed by atoms with van der Waals surface area (Å²) in [5.74, 6) is 2.04. The highest BCUT2D eigenvalue weighted by Crippen LogP contribution is 2.77. The van der Waals surface area contributed by atoms with E-state index in [1.165, 1.54) is 31.3 Å². The Morgan fingerprint density at radius 1 is 0.878 bits per heavy atom. The van der Waals surface area contributed by atoms with E-state index in [-0.39, 0.29) is 57.4 Å². The van der Waals surface area contributed by atoms with Crippen molar-refractivity contribution in [2.45, 2.75) is 118 Å². The van der Waals surface area contributed by atoms with Crippen molar-refractivity contribution in [2.24, 2.45) is 56.7 Å². The second-order valence-corrected chi connectivity index (χ2v) is 18.3. The smallest absolute Gasteiger partial charge is 0.251 e. The molecule has 0 radical (unpaired) electrons. The van der Waals surface area contributed by atoms with Gasteiger partial charge in [0.25, 0.3) is 5.91 Å². The van der Waals surface area contributed by atoms with E-state index in [1.807, 2.05) is 18.2 Å². The zero-order valence-electron chi connectivity index (χ0n) is 31.3. The Labute approximate surface area is 295 Å². The molecule has 5 aliphatic rings. The van der Waals surface area contributed by atoms with E-state index in [4.69, 9.17) is 0 Å². The van der Waals surface area contributed by atoms with Crippen LogP contribution >= 0.6 is 0 Å². The number of nitrogens with one attached hydrogen (secondary N) is 3. The predicted molar refractivity (Wildman–Crippen MR) is 195 cm³/mol. The molecular formula is C42H63N3O4. The minimum Gasteiger partial charge on any atom is -0.393 e. The Hall–Kier alpha value is -2.67. The first kappa shape index (κ1) is 36.1. The molecule has 5 fully saturated rings. The van der Waals surface area contributed by atoms with Gasteiger partial charge in [-0.05, 0) is 146 Å². The van der Waals surface area contributed by atoms with Crippen LogP contribution in [-0.4, -0.2) is 49.1 Å². The van der Waals surface area contributed by atoms with Gasteiger partial charge in [0.2, 0.25) is 11.8 Å². The van der Waals surface area contributed by atoms with Crippen LogP contribution in [0.2, 0.25) is 0 Å². The van der Waals surface area contributed by atoms with Gasteiger partial charge in [0.15, 0.2) is 0 Å². The van der Waals surface area contributed by atoms with Gasteiger partial charge in [-0.2, -0.15) is 0 Å². The molecule has 49 heavy (non-hydrogen) atoms. The van der Waals surface area contributed by atoms with E-state index in [9.17, 15) is 19.5 Å². The highest BCUT2D eigenvalue weighted by atomic mass is 16.3. The number of carbonyl (C=O) groups is 3. The molecule has 10 atom stereocenters. The van der Waals surface area contributed by atoms with E-state index in [1.54, 1.807) is 13.1 Å². The number of amides is 3. The molecule has 0 bridgehead atoms. The average Bonchev–Trinajstić information content (AvgIpc) is 3.47. The molecule has 1 aromatic rings. The normalized spacial score (nSPS) is 40.5. The number of allylic oxidation sites excluding steroid dienone is 1. The zero-order chi connectivity index (χ0) is 35.6. The number of aliphatic hydroxyl groups is 1. The van der Waals surface area contributed by atoms with Crippen molar-refractivity contribution in [3.05, 3.63) is 47.5 Å². The molecule has 5 saturated carbocycles. The fraction of sp³-hybridized carbons (Fsp3) is 0.738. The zero-order valence-corrected chi connectivity index (χ0v) is 31.3. The maximum Gasteiger partial charge on any atom is 0.251 e. The molecule has 7 heteroatoms. The van der Waals surface area contributed by atoms with Crippen molar-refractivity contribution in [1.29, 1.82) is 0 Å². The summed E-state index contributed by atoms with van der Waals surface area (Å²) >= 11 is 0. The number of fused-ring (bicyclic) bond motifs is 7. The lowest BCUT2D eigenvalue weighted by Gasteiger charge is -2.72. The summed E-state index contributed by atoms with van der Waals surface area (Å²) < 4.78 is 0. The lowest BCUT2D eigenvalue weighted by Crippen LogP contribution is -2.67. The number of aliphatic hydroxyl groups excluding tert-OH is 1. The lowest BCUT2D eigenvalue weighted by atomic mass is 9.32. The molecule has 1 aromatic carbocycles. The molecule has 0 aliphatic heterocycles. The molecule has 6 rings (SSSR count). The highest BCUT2D eigenvalue weighted by molar-refractivity contribution is 5.96. The summed E-state index contributed by atoms with van der Waals surface area (Å²) in [6, 6.07) is 7.46. The van der Waals surface area contributed by atoms with Crippen LogP contribution in [0.5, 0.6) is 0 Å². The molecule has 3 amide bonds. The van der Waals surface area contributed by atoms with E-state index in [2.05, 4.69) is 64.1 Å². The third-order valence-electron chi connectivity index (χ3n) is 16.1. The first-order chi connectivity index (χ1) is 23.0. The van der Waals surface area contributed by atoms with Crippen molar-refractivity contribution in [2.75, 3.05) is 20.1 Å². The van der Waals surface area contributed by atoms with Crippen molar-refractivity contribution in [1.82, 2.24) is 16.0 Å². The number of hydrogen-bond donors (Lipinski definition) is 4. The van der Waals surface area contributed by atoms with Gasteiger partial charge >= 0.3 is 0 Å². The lowest BCUT2D eigenvalue weighted by molar-refractivity contribution is -0.246. The van der Waals surface area contributed by atoms with Gasteiger partial charge in [-0.15, -0.1) is 0 Å². The fourth-order valence-corrected chi connectivity index (χ4v) is 13.2. The molecule has 4 N–H and O–H groups in total. The maximum absolute atomic E-state index is 14.5. The second kappa shape index (κ2) is 12.8. The van der Waals surface area contributed by atoms with Gasteiger partial charge < -0.3 is 21.1 Å². The molecule has 0 heterocycles. The van der Waals surface area contributed by atoms with Gasteiger partial charge in [0.05, 0.1) is 18.1 Å². The monoisotopic (exact) mass is 673 g/mol. The molecule has 0 saturated heterocycles. The maximum atomic E-state index is 14.5. The van der Waals surface area contributed by atoms with Crippen LogP contribution in [0, 0.1) is 56.7 Å². The molecule has 5 aliphatic carbocycles. The molecule has 0 spiro atoms. The standard InChI is InChI=1S/C42H63N3O4/c1-26(2)29-14-20-42(37(49)44-23-17-27-10-9-11-28(24-27)36(48)45-25-34(47)43-8)22-21-40(6)30(35(29)42)12-13-32-39(5)18-16-33(46)38(3,4)31(39)15-19-41(32,40)7/h9-11,24,29-33,35,46H,1,12-23,25H2,2-8H3,(H,43,47)(H,44,49)(H,45,48)/t29?,30?,31?,32?,33?,35?,39?,40-,41?,42?/m1/s1. The second-order valence-electron chi connectivity index (χ2n) is 18.3. The minimum atomic E-state index is -0.364. The molecule has 0 aromatic heterocycles. The van der Waals surface area contributed by atoms with E-state index < -0.39 is 0 Å². The predicted octanol–water partition coefficient (Wildman–Crippen LogP) is 6.84. The Morgan fingerprint density at radius 3 is 2.35 bits per heavy atom. The Bertz CT molecular complexity index is 1490. The molecule has 270 valence electrons. The molecule has 7 nitrogen and oxygen atoms in total. The topological polar surface area (TPSA) is 108 Å². The van der Waals surface area contributed by atoms with Crippen LogP contribution in [-0.2, 0) is 16.0 Å². The van der Waals surface area contributed by atoms with Gasteiger partial charge in [-0.25, -0.2) is 0 Å².